The Morgan fingerprint density at radius 2 is 1.80 bits per heavy atom. The molecule has 0 radical (unpaired) electrons. The summed E-state index contributed by atoms with van der Waals surface area (Å²) in [6.45, 7) is 6.46. The largest absolute Gasteiger partial charge is 0.297 e. The van der Waals surface area contributed by atoms with Gasteiger partial charge in [-0.3, -0.25) is 4.18 Å². The maximum atomic E-state index is 12.4. The van der Waals surface area contributed by atoms with Gasteiger partial charge in [-0.2, -0.15) is 8.42 Å². The monoisotopic (exact) mass is 296 g/mol. The van der Waals surface area contributed by atoms with Gasteiger partial charge in [0.2, 0.25) is 0 Å². The Labute approximate surface area is 122 Å². The minimum Gasteiger partial charge on any atom is -0.263 e. The summed E-state index contributed by atoms with van der Waals surface area (Å²) in [6, 6.07) is 8.43. The molecule has 4 heteroatoms. The van der Waals surface area contributed by atoms with Crippen molar-refractivity contribution in [3.8, 4) is 0 Å². The second kappa shape index (κ2) is 6.27. The van der Waals surface area contributed by atoms with E-state index in [0.717, 1.165) is 19.3 Å². The maximum Gasteiger partial charge on any atom is 0.297 e. The van der Waals surface area contributed by atoms with Gasteiger partial charge in [-0.1, -0.05) is 45.4 Å². The Bertz CT molecular complexity index is 522. The van der Waals surface area contributed by atoms with Crippen molar-refractivity contribution in [1.82, 2.24) is 0 Å². The van der Waals surface area contributed by atoms with E-state index in [1.165, 1.54) is 0 Å². The Morgan fingerprint density at radius 1 is 1.15 bits per heavy atom. The highest BCUT2D eigenvalue weighted by Crippen LogP contribution is 2.36. The third-order valence-corrected chi connectivity index (χ3v) is 5.59. The second-order valence-corrected chi connectivity index (χ2v) is 7.80. The Kier molecular flexibility index (Phi) is 4.86. The van der Waals surface area contributed by atoms with Gasteiger partial charge >= 0.3 is 0 Å². The van der Waals surface area contributed by atoms with Crippen LogP contribution in [0.3, 0.4) is 0 Å². The standard InChI is InChI=1S/C16H24O3S/c1-12(2)15-10-9-13(3)11-16(15)19-20(17,18)14-7-5-4-6-8-14/h4-8,12-13,15-16H,9-11H2,1-3H3. The van der Waals surface area contributed by atoms with E-state index >= 15 is 0 Å². The molecular formula is C16H24O3S. The summed E-state index contributed by atoms with van der Waals surface area (Å²) in [7, 11) is -3.65. The molecule has 0 aliphatic heterocycles. The molecule has 20 heavy (non-hydrogen) atoms. The highest BCUT2D eigenvalue weighted by molar-refractivity contribution is 7.86. The van der Waals surface area contributed by atoms with Crippen LogP contribution in [0.25, 0.3) is 0 Å². The number of rotatable bonds is 4. The van der Waals surface area contributed by atoms with Crippen LogP contribution in [-0.4, -0.2) is 14.5 Å². The first-order valence-electron chi connectivity index (χ1n) is 7.38. The molecule has 1 aromatic carbocycles. The van der Waals surface area contributed by atoms with Gasteiger partial charge in [-0.05, 0) is 42.7 Å². The average Bonchev–Trinajstić information content (AvgIpc) is 2.39. The van der Waals surface area contributed by atoms with Crippen LogP contribution in [0.2, 0.25) is 0 Å². The highest BCUT2D eigenvalue weighted by Gasteiger charge is 2.35. The molecule has 0 aromatic heterocycles. The molecule has 1 aliphatic carbocycles. The van der Waals surface area contributed by atoms with Gasteiger partial charge in [-0.15, -0.1) is 0 Å². The number of hydrogen-bond acceptors (Lipinski definition) is 3. The average molecular weight is 296 g/mol. The van der Waals surface area contributed by atoms with Gasteiger partial charge in [0.1, 0.15) is 0 Å². The first kappa shape index (κ1) is 15.5. The molecule has 0 spiro atoms. The van der Waals surface area contributed by atoms with Crippen LogP contribution in [0.4, 0.5) is 0 Å². The second-order valence-electron chi connectivity index (χ2n) is 6.23. The van der Waals surface area contributed by atoms with Crippen LogP contribution in [0.1, 0.15) is 40.0 Å². The molecule has 112 valence electrons. The zero-order chi connectivity index (χ0) is 14.8. The van der Waals surface area contributed by atoms with E-state index in [9.17, 15) is 8.42 Å². The Morgan fingerprint density at radius 3 is 2.40 bits per heavy atom. The van der Waals surface area contributed by atoms with Crippen molar-refractivity contribution >= 4 is 10.1 Å². The molecule has 3 unspecified atom stereocenters. The van der Waals surface area contributed by atoms with Gasteiger partial charge in [0.15, 0.2) is 0 Å². The van der Waals surface area contributed by atoms with Crippen LogP contribution >= 0.6 is 0 Å². The Hall–Kier alpha value is -0.870. The number of benzene rings is 1. The van der Waals surface area contributed by atoms with E-state index in [-0.39, 0.29) is 11.0 Å². The van der Waals surface area contributed by atoms with Gasteiger partial charge in [0, 0.05) is 0 Å². The topological polar surface area (TPSA) is 43.4 Å². The SMILES string of the molecule is CC1CCC(C(C)C)C(OS(=O)(=O)c2ccccc2)C1. The molecule has 1 fully saturated rings. The highest BCUT2D eigenvalue weighted by atomic mass is 32.2. The van der Waals surface area contributed by atoms with Crippen LogP contribution in [0.15, 0.2) is 35.2 Å². The van der Waals surface area contributed by atoms with Crippen LogP contribution in [0.5, 0.6) is 0 Å². The van der Waals surface area contributed by atoms with E-state index in [2.05, 4.69) is 20.8 Å². The smallest absolute Gasteiger partial charge is 0.263 e. The normalized spacial score (nSPS) is 27.7. The van der Waals surface area contributed by atoms with Crippen molar-refractivity contribution in [2.24, 2.45) is 17.8 Å². The van der Waals surface area contributed by atoms with E-state index in [0.29, 0.717) is 17.8 Å². The minimum absolute atomic E-state index is 0.191. The van der Waals surface area contributed by atoms with Gasteiger partial charge in [0.05, 0.1) is 11.0 Å². The predicted octanol–water partition coefficient (Wildman–Crippen LogP) is 3.85. The zero-order valence-corrected chi connectivity index (χ0v) is 13.3. The lowest BCUT2D eigenvalue weighted by Gasteiger charge is -2.36. The third kappa shape index (κ3) is 3.61. The van der Waals surface area contributed by atoms with Gasteiger partial charge in [-0.25, -0.2) is 0 Å². The van der Waals surface area contributed by atoms with Gasteiger partial charge in [0.25, 0.3) is 10.1 Å². The molecule has 1 saturated carbocycles. The van der Waals surface area contributed by atoms with E-state index in [1.54, 1.807) is 30.3 Å². The predicted molar refractivity (Wildman–Crippen MR) is 79.8 cm³/mol. The molecule has 3 atom stereocenters. The molecule has 0 N–H and O–H groups in total. The fourth-order valence-corrected chi connectivity index (χ4v) is 4.18. The lowest BCUT2D eigenvalue weighted by Crippen LogP contribution is -2.35. The summed E-state index contributed by atoms with van der Waals surface area (Å²) in [4.78, 5) is 0.251. The summed E-state index contributed by atoms with van der Waals surface area (Å²) in [5.41, 5.74) is 0. The molecule has 1 aromatic rings. The Balaban J connectivity index is 2.18. The van der Waals surface area contributed by atoms with Crippen LogP contribution in [0, 0.1) is 17.8 Å². The first-order chi connectivity index (χ1) is 9.40. The molecule has 1 aliphatic rings. The fraction of sp³-hybridized carbons (Fsp3) is 0.625. The molecule has 0 saturated heterocycles. The van der Waals surface area contributed by atoms with Crippen molar-refractivity contribution in [1.29, 1.82) is 0 Å². The third-order valence-electron chi connectivity index (χ3n) is 4.24. The van der Waals surface area contributed by atoms with E-state index in [4.69, 9.17) is 4.18 Å². The molecule has 0 heterocycles. The molecule has 3 nitrogen and oxygen atoms in total. The molecule has 2 rings (SSSR count). The summed E-state index contributed by atoms with van der Waals surface area (Å²) < 4.78 is 30.3. The molecule has 0 amide bonds. The minimum atomic E-state index is -3.65. The van der Waals surface area contributed by atoms with Gasteiger partial charge < -0.3 is 0 Å². The molecule has 0 bridgehead atoms. The first-order valence-corrected chi connectivity index (χ1v) is 8.79. The zero-order valence-electron chi connectivity index (χ0n) is 12.5. The van der Waals surface area contributed by atoms with E-state index in [1.807, 2.05) is 0 Å². The van der Waals surface area contributed by atoms with Crippen molar-refractivity contribution in [2.45, 2.75) is 51.0 Å². The summed E-state index contributed by atoms with van der Waals surface area (Å²) >= 11 is 0. The summed E-state index contributed by atoms with van der Waals surface area (Å²) in [5, 5.41) is 0. The van der Waals surface area contributed by atoms with E-state index < -0.39 is 10.1 Å². The van der Waals surface area contributed by atoms with Crippen molar-refractivity contribution in [3.63, 3.8) is 0 Å². The van der Waals surface area contributed by atoms with Crippen LogP contribution in [-0.2, 0) is 14.3 Å². The quantitative estimate of drug-likeness (QED) is 0.793. The number of hydrogen-bond donors (Lipinski definition) is 0. The fourth-order valence-electron chi connectivity index (χ4n) is 3.03. The van der Waals surface area contributed by atoms with Crippen molar-refractivity contribution < 1.29 is 12.6 Å². The maximum absolute atomic E-state index is 12.4. The lowest BCUT2D eigenvalue weighted by molar-refractivity contribution is 0.0511. The summed E-state index contributed by atoms with van der Waals surface area (Å²) in [6.07, 6.45) is 2.85. The summed E-state index contributed by atoms with van der Waals surface area (Å²) in [5.74, 6) is 1.30. The van der Waals surface area contributed by atoms with Crippen molar-refractivity contribution in [3.05, 3.63) is 30.3 Å². The van der Waals surface area contributed by atoms with Crippen molar-refractivity contribution in [2.75, 3.05) is 0 Å². The molecular weight excluding hydrogens is 272 g/mol. The van der Waals surface area contributed by atoms with Crippen LogP contribution < -0.4 is 0 Å². The lowest BCUT2D eigenvalue weighted by atomic mass is 9.75.